The predicted molar refractivity (Wildman–Crippen MR) is 102 cm³/mol. The molecule has 3 rings (SSSR count). The highest BCUT2D eigenvalue weighted by Crippen LogP contribution is 2.21. The van der Waals surface area contributed by atoms with E-state index in [1.54, 1.807) is 0 Å². The minimum atomic E-state index is 0.226. The first kappa shape index (κ1) is 18.2. The molecule has 1 aliphatic heterocycles. The van der Waals surface area contributed by atoms with Crippen molar-refractivity contribution >= 4 is 11.0 Å². The summed E-state index contributed by atoms with van der Waals surface area (Å²) in [6.45, 7) is 13.5. The molecule has 136 valence electrons. The first-order valence-corrected chi connectivity index (χ1v) is 9.14. The molecular formula is C20H30N4O. The van der Waals surface area contributed by atoms with Gasteiger partial charge in [-0.15, -0.1) is 0 Å². The number of rotatable bonds is 6. The van der Waals surface area contributed by atoms with Gasteiger partial charge in [-0.25, -0.2) is 9.97 Å². The minimum Gasteiger partial charge on any atom is -0.379 e. The van der Waals surface area contributed by atoms with Crippen molar-refractivity contribution in [2.45, 2.75) is 27.3 Å². The molecular weight excluding hydrogens is 312 g/mol. The standard InChI is InChI=1S/C20H30N4O/c1-16-19(22-18-8-6-5-7-17(18)21-16)13-23(4)14-20(2,3)15-24-9-11-25-12-10-24/h5-8H,9-15H2,1-4H3. The van der Waals surface area contributed by atoms with E-state index in [-0.39, 0.29) is 5.41 Å². The number of ether oxygens (including phenoxy) is 1. The summed E-state index contributed by atoms with van der Waals surface area (Å²) in [6, 6.07) is 8.09. The fourth-order valence-corrected chi connectivity index (χ4v) is 3.73. The first-order chi connectivity index (χ1) is 11.9. The highest BCUT2D eigenvalue weighted by molar-refractivity contribution is 5.74. The van der Waals surface area contributed by atoms with E-state index in [9.17, 15) is 0 Å². The maximum Gasteiger partial charge on any atom is 0.0890 e. The van der Waals surface area contributed by atoms with Crippen LogP contribution in [-0.2, 0) is 11.3 Å². The quantitative estimate of drug-likeness (QED) is 0.807. The van der Waals surface area contributed by atoms with Gasteiger partial charge in [0.15, 0.2) is 0 Å². The van der Waals surface area contributed by atoms with Crippen LogP contribution in [0.25, 0.3) is 11.0 Å². The second-order valence-electron chi connectivity index (χ2n) is 7.97. The minimum absolute atomic E-state index is 0.226. The molecule has 0 amide bonds. The summed E-state index contributed by atoms with van der Waals surface area (Å²) < 4.78 is 5.46. The lowest BCUT2D eigenvalue weighted by molar-refractivity contribution is 0.0160. The summed E-state index contributed by atoms with van der Waals surface area (Å²) >= 11 is 0. The van der Waals surface area contributed by atoms with E-state index in [1.165, 1.54) is 0 Å². The van der Waals surface area contributed by atoms with Gasteiger partial charge in [0.05, 0.1) is 35.6 Å². The molecule has 0 radical (unpaired) electrons. The third kappa shape index (κ3) is 4.97. The Bertz CT molecular complexity index is 710. The molecule has 1 fully saturated rings. The van der Waals surface area contributed by atoms with Crippen LogP contribution in [0.3, 0.4) is 0 Å². The number of aryl methyl sites for hydroxylation is 1. The molecule has 0 N–H and O–H groups in total. The Labute approximate surface area is 151 Å². The Balaban J connectivity index is 1.63. The molecule has 1 saturated heterocycles. The lowest BCUT2D eigenvalue weighted by Gasteiger charge is -2.37. The molecule has 25 heavy (non-hydrogen) atoms. The van der Waals surface area contributed by atoms with Gasteiger partial charge in [0.2, 0.25) is 0 Å². The molecule has 1 aliphatic rings. The second-order valence-corrected chi connectivity index (χ2v) is 7.97. The average molecular weight is 342 g/mol. The van der Waals surface area contributed by atoms with Crippen LogP contribution in [0, 0.1) is 12.3 Å². The van der Waals surface area contributed by atoms with E-state index in [0.29, 0.717) is 0 Å². The Morgan fingerprint density at radius 2 is 1.76 bits per heavy atom. The summed E-state index contributed by atoms with van der Waals surface area (Å²) in [5.41, 5.74) is 4.27. The van der Waals surface area contributed by atoms with Crippen LogP contribution in [0.1, 0.15) is 25.2 Å². The van der Waals surface area contributed by atoms with Gasteiger partial charge in [-0.3, -0.25) is 9.80 Å². The van der Waals surface area contributed by atoms with E-state index in [2.05, 4.69) is 37.6 Å². The number of nitrogens with zero attached hydrogens (tertiary/aromatic N) is 4. The predicted octanol–water partition coefficient (Wildman–Crippen LogP) is 2.73. The van der Waals surface area contributed by atoms with Crippen molar-refractivity contribution in [3.8, 4) is 0 Å². The van der Waals surface area contributed by atoms with Crippen LogP contribution in [0.5, 0.6) is 0 Å². The number of benzene rings is 1. The van der Waals surface area contributed by atoms with Gasteiger partial charge < -0.3 is 4.74 Å². The maximum atomic E-state index is 5.46. The Kier molecular flexibility index (Phi) is 5.67. The number of hydrogen-bond donors (Lipinski definition) is 0. The fraction of sp³-hybridized carbons (Fsp3) is 0.600. The lowest BCUT2D eigenvalue weighted by Crippen LogP contribution is -2.45. The first-order valence-electron chi connectivity index (χ1n) is 9.14. The van der Waals surface area contributed by atoms with Crippen molar-refractivity contribution in [2.24, 2.45) is 5.41 Å². The van der Waals surface area contributed by atoms with Crippen LogP contribution < -0.4 is 0 Å². The smallest absolute Gasteiger partial charge is 0.0890 e. The van der Waals surface area contributed by atoms with Gasteiger partial charge >= 0.3 is 0 Å². The number of aromatic nitrogens is 2. The van der Waals surface area contributed by atoms with E-state index in [4.69, 9.17) is 14.7 Å². The molecule has 0 aliphatic carbocycles. The zero-order valence-electron chi connectivity index (χ0n) is 16.0. The summed E-state index contributed by atoms with van der Waals surface area (Å²) in [4.78, 5) is 14.4. The third-order valence-electron chi connectivity index (χ3n) is 4.72. The molecule has 1 aromatic heterocycles. The summed E-state index contributed by atoms with van der Waals surface area (Å²) in [6.07, 6.45) is 0. The molecule has 5 heteroatoms. The third-order valence-corrected chi connectivity index (χ3v) is 4.72. The summed E-state index contributed by atoms with van der Waals surface area (Å²) in [5.74, 6) is 0. The van der Waals surface area contributed by atoms with Crippen LogP contribution in [0.4, 0.5) is 0 Å². The zero-order valence-corrected chi connectivity index (χ0v) is 16.0. The molecule has 0 bridgehead atoms. The van der Waals surface area contributed by atoms with Crippen molar-refractivity contribution in [3.63, 3.8) is 0 Å². The molecule has 0 unspecified atom stereocenters. The van der Waals surface area contributed by atoms with E-state index in [0.717, 1.165) is 68.4 Å². The van der Waals surface area contributed by atoms with E-state index >= 15 is 0 Å². The highest BCUT2D eigenvalue weighted by Gasteiger charge is 2.25. The topological polar surface area (TPSA) is 41.5 Å². The van der Waals surface area contributed by atoms with Gasteiger partial charge in [0.1, 0.15) is 0 Å². The zero-order chi connectivity index (χ0) is 17.9. The second kappa shape index (κ2) is 7.77. The van der Waals surface area contributed by atoms with Crippen LogP contribution in [-0.4, -0.2) is 66.2 Å². The molecule has 2 aromatic rings. The summed E-state index contributed by atoms with van der Waals surface area (Å²) in [5, 5.41) is 0. The van der Waals surface area contributed by atoms with Crippen molar-refractivity contribution in [3.05, 3.63) is 35.7 Å². The number of morpholine rings is 1. The van der Waals surface area contributed by atoms with Crippen molar-refractivity contribution in [1.82, 2.24) is 19.8 Å². The number of hydrogen-bond acceptors (Lipinski definition) is 5. The molecule has 2 heterocycles. The molecule has 5 nitrogen and oxygen atoms in total. The van der Waals surface area contributed by atoms with Crippen molar-refractivity contribution < 1.29 is 4.74 Å². The van der Waals surface area contributed by atoms with Crippen LogP contribution in [0.15, 0.2) is 24.3 Å². The van der Waals surface area contributed by atoms with Gasteiger partial charge in [0.25, 0.3) is 0 Å². The summed E-state index contributed by atoms with van der Waals surface area (Å²) in [7, 11) is 2.18. The van der Waals surface area contributed by atoms with E-state index < -0.39 is 0 Å². The lowest BCUT2D eigenvalue weighted by atomic mass is 9.91. The van der Waals surface area contributed by atoms with Gasteiger partial charge in [-0.05, 0) is 31.5 Å². The van der Waals surface area contributed by atoms with Gasteiger partial charge in [-0.2, -0.15) is 0 Å². The van der Waals surface area contributed by atoms with E-state index in [1.807, 2.05) is 24.3 Å². The number of para-hydroxylation sites is 2. The number of fused-ring (bicyclic) bond motifs is 1. The largest absolute Gasteiger partial charge is 0.379 e. The van der Waals surface area contributed by atoms with Crippen molar-refractivity contribution in [2.75, 3.05) is 46.4 Å². The molecule has 0 atom stereocenters. The van der Waals surface area contributed by atoms with Gasteiger partial charge in [-0.1, -0.05) is 26.0 Å². The average Bonchev–Trinajstić information content (AvgIpc) is 2.55. The maximum absolute atomic E-state index is 5.46. The Morgan fingerprint density at radius 1 is 1.12 bits per heavy atom. The molecule has 0 saturated carbocycles. The van der Waals surface area contributed by atoms with Crippen LogP contribution >= 0.6 is 0 Å². The monoisotopic (exact) mass is 342 g/mol. The van der Waals surface area contributed by atoms with Crippen molar-refractivity contribution in [1.29, 1.82) is 0 Å². The Hall–Kier alpha value is -1.56. The van der Waals surface area contributed by atoms with Crippen LogP contribution in [0.2, 0.25) is 0 Å². The normalized spacial score (nSPS) is 16.7. The Morgan fingerprint density at radius 3 is 2.44 bits per heavy atom. The fourth-order valence-electron chi connectivity index (χ4n) is 3.73. The molecule has 0 spiro atoms. The SMILES string of the molecule is Cc1nc2ccccc2nc1CN(C)CC(C)(C)CN1CCOCC1. The molecule has 1 aromatic carbocycles. The van der Waals surface area contributed by atoms with Gasteiger partial charge in [0, 0.05) is 32.7 Å². The highest BCUT2D eigenvalue weighted by atomic mass is 16.5.